The number of aryl methyl sites for hydroxylation is 1. The molecule has 1 aromatic rings. The summed E-state index contributed by atoms with van der Waals surface area (Å²) >= 11 is 0. The minimum atomic E-state index is -0.198. The molecule has 0 radical (unpaired) electrons. The second-order valence-corrected chi connectivity index (χ2v) is 5.31. The molecule has 1 aromatic carbocycles. The fraction of sp³-hybridized carbons (Fsp3) is 0.533. The molecule has 19 heavy (non-hydrogen) atoms. The molecule has 0 fully saturated rings. The maximum atomic E-state index is 11.9. The van der Waals surface area contributed by atoms with E-state index >= 15 is 0 Å². The van der Waals surface area contributed by atoms with Gasteiger partial charge in [0, 0.05) is 18.2 Å². The van der Waals surface area contributed by atoms with Crippen LogP contribution >= 0.6 is 0 Å². The van der Waals surface area contributed by atoms with E-state index in [0.29, 0.717) is 24.7 Å². The molecule has 0 aromatic heterocycles. The van der Waals surface area contributed by atoms with Gasteiger partial charge in [0.1, 0.15) is 5.75 Å². The summed E-state index contributed by atoms with van der Waals surface area (Å²) in [5.41, 5.74) is 1.21. The Hall–Kier alpha value is -1.55. The van der Waals surface area contributed by atoms with Crippen molar-refractivity contribution in [3.05, 3.63) is 29.3 Å². The number of benzene rings is 1. The van der Waals surface area contributed by atoms with Crippen molar-refractivity contribution in [2.75, 3.05) is 13.2 Å². The Kier molecular flexibility index (Phi) is 5.83. The standard InChI is InChI=1S/C15H23NO3/c1-10(2)8-19-9-12(4)16-15(18)13-6-5-11(3)14(17)7-13/h5-7,10,12,17H,8-9H2,1-4H3,(H,16,18)/t12-/m0/s1. The molecular weight excluding hydrogens is 242 g/mol. The monoisotopic (exact) mass is 265 g/mol. The molecule has 0 bridgehead atoms. The van der Waals surface area contributed by atoms with E-state index in [2.05, 4.69) is 19.2 Å². The van der Waals surface area contributed by atoms with Crippen LogP contribution in [0.4, 0.5) is 0 Å². The number of nitrogens with one attached hydrogen (secondary N) is 1. The van der Waals surface area contributed by atoms with Crippen LogP contribution in [0.5, 0.6) is 5.75 Å². The number of hydrogen-bond donors (Lipinski definition) is 2. The number of hydrogen-bond acceptors (Lipinski definition) is 3. The summed E-state index contributed by atoms with van der Waals surface area (Å²) in [4.78, 5) is 11.9. The van der Waals surface area contributed by atoms with Crippen LogP contribution in [0.1, 0.15) is 36.7 Å². The number of carbonyl (C=O) groups excluding carboxylic acids is 1. The maximum Gasteiger partial charge on any atom is 0.251 e. The summed E-state index contributed by atoms with van der Waals surface area (Å²) in [5.74, 6) is 0.421. The van der Waals surface area contributed by atoms with E-state index in [0.717, 1.165) is 5.56 Å². The van der Waals surface area contributed by atoms with Crippen LogP contribution in [-0.4, -0.2) is 30.3 Å². The lowest BCUT2D eigenvalue weighted by molar-refractivity contribution is 0.0791. The summed E-state index contributed by atoms with van der Waals surface area (Å²) in [6.45, 7) is 9.02. The van der Waals surface area contributed by atoms with Crippen molar-refractivity contribution in [1.82, 2.24) is 5.32 Å². The Morgan fingerprint density at radius 1 is 1.32 bits per heavy atom. The first-order valence-electron chi connectivity index (χ1n) is 6.58. The van der Waals surface area contributed by atoms with E-state index in [1.807, 2.05) is 6.92 Å². The number of aromatic hydroxyl groups is 1. The Labute approximate surface area is 114 Å². The summed E-state index contributed by atoms with van der Waals surface area (Å²) < 4.78 is 5.47. The normalized spacial score (nSPS) is 12.5. The lowest BCUT2D eigenvalue weighted by Crippen LogP contribution is -2.36. The molecule has 0 heterocycles. The summed E-state index contributed by atoms with van der Waals surface area (Å²) in [7, 11) is 0. The number of ether oxygens (including phenoxy) is 1. The molecule has 0 spiro atoms. The van der Waals surface area contributed by atoms with Crippen LogP contribution in [-0.2, 0) is 4.74 Å². The van der Waals surface area contributed by atoms with Gasteiger partial charge < -0.3 is 15.2 Å². The molecule has 4 heteroatoms. The molecule has 2 N–H and O–H groups in total. The summed E-state index contributed by atoms with van der Waals surface area (Å²) in [5, 5.41) is 12.4. The van der Waals surface area contributed by atoms with Crippen molar-refractivity contribution in [2.24, 2.45) is 5.92 Å². The molecule has 0 aliphatic heterocycles. The zero-order chi connectivity index (χ0) is 14.4. The van der Waals surface area contributed by atoms with Gasteiger partial charge in [0.25, 0.3) is 5.91 Å². The third kappa shape index (κ3) is 5.30. The van der Waals surface area contributed by atoms with Crippen molar-refractivity contribution in [1.29, 1.82) is 0 Å². The van der Waals surface area contributed by atoms with Gasteiger partial charge in [-0.25, -0.2) is 0 Å². The van der Waals surface area contributed by atoms with Crippen molar-refractivity contribution in [3.8, 4) is 5.75 Å². The second kappa shape index (κ2) is 7.14. The van der Waals surface area contributed by atoms with Gasteiger partial charge in [-0.1, -0.05) is 19.9 Å². The molecule has 0 unspecified atom stereocenters. The lowest BCUT2D eigenvalue weighted by atomic mass is 10.1. The molecule has 0 aliphatic carbocycles. The maximum absolute atomic E-state index is 11.9. The van der Waals surface area contributed by atoms with Gasteiger partial charge in [-0.2, -0.15) is 0 Å². The largest absolute Gasteiger partial charge is 0.508 e. The van der Waals surface area contributed by atoms with Crippen LogP contribution in [0.25, 0.3) is 0 Å². The molecule has 4 nitrogen and oxygen atoms in total. The van der Waals surface area contributed by atoms with Gasteiger partial charge in [0.2, 0.25) is 0 Å². The predicted octanol–water partition coefficient (Wildman–Crippen LogP) is 2.49. The minimum Gasteiger partial charge on any atom is -0.508 e. The van der Waals surface area contributed by atoms with Crippen LogP contribution in [0, 0.1) is 12.8 Å². The Bertz CT molecular complexity index is 429. The molecule has 0 aliphatic rings. The smallest absolute Gasteiger partial charge is 0.251 e. The first kappa shape index (κ1) is 15.5. The Morgan fingerprint density at radius 2 is 2.00 bits per heavy atom. The molecular formula is C15H23NO3. The highest BCUT2D eigenvalue weighted by Crippen LogP contribution is 2.17. The molecule has 1 rings (SSSR count). The molecule has 1 amide bonds. The number of phenols is 1. The lowest BCUT2D eigenvalue weighted by Gasteiger charge is -2.15. The third-order valence-corrected chi connectivity index (χ3v) is 2.67. The van der Waals surface area contributed by atoms with Crippen molar-refractivity contribution in [2.45, 2.75) is 33.7 Å². The quantitative estimate of drug-likeness (QED) is 0.830. The van der Waals surface area contributed by atoms with Gasteiger partial charge in [-0.05, 0) is 37.5 Å². The Balaban J connectivity index is 2.47. The van der Waals surface area contributed by atoms with E-state index in [-0.39, 0.29) is 17.7 Å². The first-order valence-corrected chi connectivity index (χ1v) is 6.58. The third-order valence-electron chi connectivity index (χ3n) is 2.67. The van der Waals surface area contributed by atoms with Crippen LogP contribution in [0.15, 0.2) is 18.2 Å². The van der Waals surface area contributed by atoms with E-state index in [1.165, 1.54) is 6.07 Å². The highest BCUT2D eigenvalue weighted by molar-refractivity contribution is 5.94. The average Bonchev–Trinajstić information content (AvgIpc) is 2.32. The number of phenolic OH excluding ortho intramolecular Hbond substituents is 1. The fourth-order valence-corrected chi connectivity index (χ4v) is 1.58. The molecule has 0 saturated carbocycles. The van der Waals surface area contributed by atoms with Crippen LogP contribution in [0.3, 0.4) is 0 Å². The highest BCUT2D eigenvalue weighted by atomic mass is 16.5. The Morgan fingerprint density at radius 3 is 2.58 bits per heavy atom. The summed E-state index contributed by atoms with van der Waals surface area (Å²) in [6, 6.07) is 4.84. The van der Waals surface area contributed by atoms with E-state index in [1.54, 1.807) is 19.1 Å². The fourth-order valence-electron chi connectivity index (χ4n) is 1.58. The van der Waals surface area contributed by atoms with Crippen molar-refractivity contribution < 1.29 is 14.6 Å². The van der Waals surface area contributed by atoms with E-state index in [4.69, 9.17) is 4.74 Å². The summed E-state index contributed by atoms with van der Waals surface area (Å²) in [6.07, 6.45) is 0. The van der Waals surface area contributed by atoms with Gasteiger partial charge in [-0.15, -0.1) is 0 Å². The molecule has 106 valence electrons. The van der Waals surface area contributed by atoms with Crippen molar-refractivity contribution >= 4 is 5.91 Å². The average molecular weight is 265 g/mol. The number of carbonyl (C=O) groups is 1. The van der Waals surface area contributed by atoms with Gasteiger partial charge in [0.05, 0.1) is 6.61 Å². The van der Waals surface area contributed by atoms with E-state index < -0.39 is 0 Å². The van der Waals surface area contributed by atoms with Gasteiger partial charge in [0.15, 0.2) is 0 Å². The van der Waals surface area contributed by atoms with Gasteiger partial charge in [-0.3, -0.25) is 4.79 Å². The topological polar surface area (TPSA) is 58.6 Å². The predicted molar refractivity (Wildman–Crippen MR) is 75.4 cm³/mol. The van der Waals surface area contributed by atoms with Gasteiger partial charge >= 0.3 is 0 Å². The number of amides is 1. The number of rotatable bonds is 6. The zero-order valence-corrected chi connectivity index (χ0v) is 12.1. The SMILES string of the molecule is Cc1ccc(C(=O)N[C@@H](C)COCC(C)C)cc1O. The second-order valence-electron chi connectivity index (χ2n) is 5.31. The minimum absolute atomic E-state index is 0.0605. The highest BCUT2D eigenvalue weighted by Gasteiger charge is 2.11. The van der Waals surface area contributed by atoms with Crippen LogP contribution in [0.2, 0.25) is 0 Å². The molecule has 1 atom stereocenters. The van der Waals surface area contributed by atoms with E-state index in [9.17, 15) is 9.90 Å². The van der Waals surface area contributed by atoms with Crippen LogP contribution < -0.4 is 5.32 Å². The first-order chi connectivity index (χ1) is 8.90. The van der Waals surface area contributed by atoms with Crippen molar-refractivity contribution in [3.63, 3.8) is 0 Å². The molecule has 0 saturated heterocycles. The zero-order valence-electron chi connectivity index (χ0n) is 12.1.